The van der Waals surface area contributed by atoms with Gasteiger partial charge in [0.15, 0.2) is 11.8 Å². The Morgan fingerprint density at radius 2 is 2.00 bits per heavy atom. The van der Waals surface area contributed by atoms with Crippen LogP contribution >= 0.6 is 0 Å². The summed E-state index contributed by atoms with van der Waals surface area (Å²) in [6.07, 6.45) is 5.72. The first-order valence-corrected chi connectivity index (χ1v) is 9.01. The van der Waals surface area contributed by atoms with E-state index in [2.05, 4.69) is 10.1 Å². The number of fused-ring (bicyclic) bond motifs is 1. The van der Waals surface area contributed by atoms with E-state index in [1.165, 1.54) is 0 Å². The summed E-state index contributed by atoms with van der Waals surface area (Å²) in [5, 5.41) is 13.3. The third kappa shape index (κ3) is 3.05. The third-order valence-corrected chi connectivity index (χ3v) is 5.42. The van der Waals surface area contributed by atoms with E-state index < -0.39 is 12.1 Å². The highest BCUT2D eigenvalue weighted by Crippen LogP contribution is 2.32. The van der Waals surface area contributed by atoms with Gasteiger partial charge in [0.1, 0.15) is 5.56 Å². The van der Waals surface area contributed by atoms with Gasteiger partial charge in [0.2, 0.25) is 0 Å². The van der Waals surface area contributed by atoms with Crippen LogP contribution in [0.3, 0.4) is 0 Å². The number of carboxylic acids is 1. The van der Waals surface area contributed by atoms with Crippen molar-refractivity contribution in [1.82, 2.24) is 19.5 Å². The van der Waals surface area contributed by atoms with E-state index in [-0.39, 0.29) is 12.0 Å². The zero-order chi connectivity index (χ0) is 18.3. The molecule has 2 atom stereocenters. The summed E-state index contributed by atoms with van der Waals surface area (Å²) in [7, 11) is 0. The van der Waals surface area contributed by atoms with Gasteiger partial charge in [0, 0.05) is 25.0 Å². The molecule has 0 radical (unpaired) electrons. The van der Waals surface area contributed by atoms with Crippen molar-refractivity contribution in [3.05, 3.63) is 29.7 Å². The number of likely N-dealkylation sites (tertiary alicyclic amines) is 1. The summed E-state index contributed by atoms with van der Waals surface area (Å²) >= 11 is 0. The topological polar surface area (TPSA) is 97.0 Å². The largest absolute Gasteiger partial charge is 0.479 e. The van der Waals surface area contributed by atoms with E-state index in [0.29, 0.717) is 36.6 Å². The number of carbonyl (C=O) groups excluding carboxylic acids is 1. The van der Waals surface area contributed by atoms with Crippen LogP contribution in [-0.2, 0) is 9.53 Å². The van der Waals surface area contributed by atoms with Crippen LogP contribution in [0.15, 0.2) is 18.5 Å². The smallest absolute Gasteiger partial charge is 0.332 e. The Kier molecular flexibility index (Phi) is 4.36. The predicted molar refractivity (Wildman–Crippen MR) is 91.9 cm³/mol. The summed E-state index contributed by atoms with van der Waals surface area (Å²) in [5.41, 5.74) is 1.95. The first-order valence-electron chi connectivity index (χ1n) is 9.01. The standard InChI is InChI=1S/C18H22N4O4/c1-11-4-9-22-16(20-11)13(10-19-22)17(23)21-7-5-12(6-8-21)14-2-3-15(26-14)18(24)25/h4,9-10,12,14-15H,2-3,5-8H2,1H3,(H,24,25)/t14-,15+/m0/s1. The van der Waals surface area contributed by atoms with Crippen molar-refractivity contribution >= 4 is 17.5 Å². The Morgan fingerprint density at radius 3 is 2.69 bits per heavy atom. The van der Waals surface area contributed by atoms with Gasteiger partial charge in [-0.05, 0) is 44.6 Å². The van der Waals surface area contributed by atoms with Crippen LogP contribution in [0.25, 0.3) is 5.65 Å². The van der Waals surface area contributed by atoms with Gasteiger partial charge in [0.25, 0.3) is 5.91 Å². The fourth-order valence-corrected chi connectivity index (χ4v) is 3.95. The molecule has 2 aliphatic heterocycles. The van der Waals surface area contributed by atoms with E-state index in [0.717, 1.165) is 25.0 Å². The molecule has 0 aromatic carbocycles. The molecule has 2 saturated heterocycles. The zero-order valence-electron chi connectivity index (χ0n) is 14.7. The minimum Gasteiger partial charge on any atom is -0.479 e. The van der Waals surface area contributed by atoms with Gasteiger partial charge < -0.3 is 14.7 Å². The molecule has 8 heteroatoms. The average Bonchev–Trinajstić information content (AvgIpc) is 3.28. The van der Waals surface area contributed by atoms with Crippen LogP contribution in [0.1, 0.15) is 41.7 Å². The van der Waals surface area contributed by atoms with Gasteiger partial charge in [-0.3, -0.25) is 4.79 Å². The lowest BCUT2D eigenvalue weighted by Gasteiger charge is -2.34. The number of aryl methyl sites for hydroxylation is 1. The minimum absolute atomic E-state index is 0.00496. The third-order valence-electron chi connectivity index (χ3n) is 5.42. The van der Waals surface area contributed by atoms with E-state index in [1.807, 2.05) is 17.9 Å². The van der Waals surface area contributed by atoms with E-state index in [9.17, 15) is 9.59 Å². The Bertz CT molecular complexity index is 841. The average molecular weight is 358 g/mol. The van der Waals surface area contributed by atoms with Crippen molar-refractivity contribution in [1.29, 1.82) is 0 Å². The number of carboxylic acid groups (broad SMARTS) is 1. The number of carbonyl (C=O) groups is 2. The van der Waals surface area contributed by atoms with Crippen LogP contribution in [0, 0.1) is 12.8 Å². The molecule has 8 nitrogen and oxygen atoms in total. The van der Waals surface area contributed by atoms with E-state index in [4.69, 9.17) is 9.84 Å². The molecule has 2 aromatic heterocycles. The van der Waals surface area contributed by atoms with Gasteiger partial charge in [-0.15, -0.1) is 0 Å². The first kappa shape index (κ1) is 17.0. The summed E-state index contributed by atoms with van der Waals surface area (Å²) in [6, 6.07) is 1.85. The lowest BCUT2D eigenvalue weighted by atomic mass is 9.89. The highest BCUT2D eigenvalue weighted by atomic mass is 16.5. The molecule has 2 fully saturated rings. The number of aromatic nitrogens is 3. The molecule has 26 heavy (non-hydrogen) atoms. The number of rotatable bonds is 3. The molecule has 0 unspecified atom stereocenters. The number of amides is 1. The Morgan fingerprint density at radius 1 is 1.23 bits per heavy atom. The van der Waals surface area contributed by atoms with Crippen molar-refractivity contribution in [3.8, 4) is 0 Å². The second kappa shape index (κ2) is 6.68. The van der Waals surface area contributed by atoms with Crippen LogP contribution in [-0.4, -0.2) is 61.8 Å². The molecule has 4 heterocycles. The molecule has 0 bridgehead atoms. The van der Waals surface area contributed by atoms with Gasteiger partial charge in [-0.1, -0.05) is 0 Å². The van der Waals surface area contributed by atoms with Crippen molar-refractivity contribution in [3.63, 3.8) is 0 Å². The molecule has 0 aliphatic carbocycles. The normalized spacial score (nSPS) is 24.3. The monoisotopic (exact) mass is 358 g/mol. The van der Waals surface area contributed by atoms with Gasteiger partial charge in [0.05, 0.1) is 12.3 Å². The molecule has 1 N–H and O–H groups in total. The van der Waals surface area contributed by atoms with Crippen molar-refractivity contribution in [2.45, 2.75) is 44.8 Å². The van der Waals surface area contributed by atoms with Crippen molar-refractivity contribution in [2.24, 2.45) is 5.92 Å². The SMILES string of the molecule is Cc1ccn2ncc(C(=O)N3CCC([C@@H]4CC[C@H](C(=O)O)O4)CC3)c2n1. The van der Waals surface area contributed by atoms with Crippen LogP contribution in [0.2, 0.25) is 0 Å². The van der Waals surface area contributed by atoms with Gasteiger partial charge >= 0.3 is 5.97 Å². The van der Waals surface area contributed by atoms with Crippen molar-refractivity contribution in [2.75, 3.05) is 13.1 Å². The highest BCUT2D eigenvalue weighted by Gasteiger charge is 2.37. The Balaban J connectivity index is 1.41. The fraction of sp³-hybridized carbons (Fsp3) is 0.556. The molecule has 138 valence electrons. The molecule has 0 saturated carbocycles. The van der Waals surface area contributed by atoms with E-state index >= 15 is 0 Å². The van der Waals surface area contributed by atoms with Crippen LogP contribution < -0.4 is 0 Å². The Hall–Kier alpha value is -2.48. The maximum atomic E-state index is 12.9. The summed E-state index contributed by atoms with van der Waals surface area (Å²) in [4.78, 5) is 30.2. The number of hydrogen-bond acceptors (Lipinski definition) is 5. The van der Waals surface area contributed by atoms with Gasteiger partial charge in [-0.2, -0.15) is 5.10 Å². The van der Waals surface area contributed by atoms with E-state index in [1.54, 1.807) is 16.9 Å². The quantitative estimate of drug-likeness (QED) is 0.893. The molecule has 4 rings (SSSR count). The van der Waals surface area contributed by atoms with Gasteiger partial charge in [-0.25, -0.2) is 14.3 Å². The van der Waals surface area contributed by atoms with Crippen molar-refractivity contribution < 1.29 is 19.4 Å². The molecular formula is C18H22N4O4. The molecule has 0 spiro atoms. The summed E-state index contributed by atoms with van der Waals surface area (Å²) < 4.78 is 7.29. The number of aliphatic carboxylic acids is 1. The number of ether oxygens (including phenoxy) is 1. The maximum absolute atomic E-state index is 12.9. The lowest BCUT2D eigenvalue weighted by Crippen LogP contribution is -2.41. The zero-order valence-corrected chi connectivity index (χ0v) is 14.7. The van der Waals surface area contributed by atoms with Crippen LogP contribution in [0.5, 0.6) is 0 Å². The second-order valence-electron chi connectivity index (χ2n) is 7.10. The molecule has 2 aliphatic rings. The highest BCUT2D eigenvalue weighted by molar-refractivity contribution is 5.99. The lowest BCUT2D eigenvalue weighted by molar-refractivity contribution is -0.150. The maximum Gasteiger partial charge on any atom is 0.332 e. The summed E-state index contributed by atoms with van der Waals surface area (Å²) in [6.45, 7) is 3.17. The molecular weight excluding hydrogens is 336 g/mol. The molecule has 2 aromatic rings. The number of piperidine rings is 1. The summed E-state index contributed by atoms with van der Waals surface area (Å²) in [5.74, 6) is -0.615. The number of hydrogen-bond donors (Lipinski definition) is 1. The fourth-order valence-electron chi connectivity index (χ4n) is 3.95. The molecule has 1 amide bonds. The predicted octanol–water partition coefficient (Wildman–Crippen LogP) is 1.52. The second-order valence-corrected chi connectivity index (χ2v) is 7.10. The Labute approximate surface area is 150 Å². The minimum atomic E-state index is -0.879. The van der Waals surface area contributed by atoms with Crippen LogP contribution in [0.4, 0.5) is 0 Å². The number of nitrogens with zero attached hydrogens (tertiary/aromatic N) is 4. The first-order chi connectivity index (χ1) is 12.5.